The lowest BCUT2D eigenvalue weighted by atomic mass is 10.0. The summed E-state index contributed by atoms with van der Waals surface area (Å²) >= 11 is 0. The van der Waals surface area contributed by atoms with Gasteiger partial charge in [0.1, 0.15) is 0 Å². The number of aromatic nitrogens is 2. The Morgan fingerprint density at radius 1 is 1.00 bits per heavy atom. The van der Waals surface area contributed by atoms with Crippen molar-refractivity contribution in [3.8, 4) is 0 Å². The molecule has 1 fully saturated rings. The number of imidazole rings is 1. The zero-order valence-electron chi connectivity index (χ0n) is 16.5. The van der Waals surface area contributed by atoms with Gasteiger partial charge in [0, 0.05) is 30.3 Å². The van der Waals surface area contributed by atoms with Crippen LogP contribution in [0, 0.1) is 0 Å². The summed E-state index contributed by atoms with van der Waals surface area (Å²) in [6.07, 6.45) is 3.12. The van der Waals surface area contributed by atoms with E-state index in [0.29, 0.717) is 24.2 Å². The molecule has 150 valence electrons. The predicted molar refractivity (Wildman–Crippen MR) is 116 cm³/mol. The number of likely N-dealkylation sites (tertiary alicyclic amines) is 1. The molecule has 3 aromatic carbocycles. The highest BCUT2D eigenvalue weighted by Gasteiger charge is 2.25. The summed E-state index contributed by atoms with van der Waals surface area (Å²) in [6, 6.07) is 19.3. The Morgan fingerprint density at radius 2 is 1.80 bits per heavy atom. The van der Waals surface area contributed by atoms with Gasteiger partial charge in [-0.05, 0) is 47.9 Å². The number of nitrogens with zero attached hydrogens (tertiary/aromatic N) is 2. The second kappa shape index (κ2) is 7.63. The first-order chi connectivity index (χ1) is 14.7. The highest BCUT2D eigenvalue weighted by Crippen LogP contribution is 2.20. The minimum Gasteiger partial charge on any atom is -0.349 e. The Morgan fingerprint density at radius 3 is 2.67 bits per heavy atom. The summed E-state index contributed by atoms with van der Waals surface area (Å²) in [6.45, 7) is 1.25. The smallest absolute Gasteiger partial charge is 0.253 e. The van der Waals surface area contributed by atoms with Gasteiger partial charge in [-0.1, -0.05) is 36.4 Å². The van der Waals surface area contributed by atoms with Crippen LogP contribution >= 0.6 is 0 Å². The standard InChI is InChI=1S/C24H22N4O2/c29-23(20-7-3-5-16-4-1-2-6-19(16)20)27-18-10-12-28(13-11-18)24(30)17-8-9-21-22(14-17)26-15-25-21/h1-9,14-15,18H,10-13H2,(H,25,26)(H,27,29). The summed E-state index contributed by atoms with van der Waals surface area (Å²) in [5.41, 5.74) is 3.06. The molecule has 5 rings (SSSR count). The molecule has 0 bridgehead atoms. The second-order valence-electron chi connectivity index (χ2n) is 7.70. The van der Waals surface area contributed by atoms with Crippen LogP contribution in [0.15, 0.2) is 67.0 Å². The minimum atomic E-state index is -0.0544. The number of hydrogen-bond donors (Lipinski definition) is 2. The molecule has 0 unspecified atom stereocenters. The number of benzene rings is 3. The van der Waals surface area contributed by atoms with Crippen LogP contribution in [0.2, 0.25) is 0 Å². The molecule has 0 atom stereocenters. The summed E-state index contributed by atoms with van der Waals surface area (Å²) in [7, 11) is 0. The van der Waals surface area contributed by atoms with Crippen molar-refractivity contribution in [2.45, 2.75) is 18.9 Å². The van der Waals surface area contributed by atoms with Gasteiger partial charge in [0.2, 0.25) is 0 Å². The van der Waals surface area contributed by atoms with Gasteiger partial charge < -0.3 is 15.2 Å². The number of hydrogen-bond acceptors (Lipinski definition) is 3. The lowest BCUT2D eigenvalue weighted by Crippen LogP contribution is -2.46. The first kappa shape index (κ1) is 18.4. The molecule has 1 aromatic heterocycles. The van der Waals surface area contributed by atoms with Gasteiger partial charge in [-0.25, -0.2) is 4.98 Å². The van der Waals surface area contributed by atoms with Crippen LogP contribution in [0.1, 0.15) is 33.6 Å². The quantitative estimate of drug-likeness (QED) is 0.552. The van der Waals surface area contributed by atoms with Gasteiger partial charge in [0.15, 0.2) is 0 Å². The molecule has 2 amide bonds. The van der Waals surface area contributed by atoms with E-state index in [0.717, 1.165) is 34.6 Å². The topological polar surface area (TPSA) is 78.1 Å². The molecule has 0 spiro atoms. The first-order valence-electron chi connectivity index (χ1n) is 10.2. The molecule has 0 aliphatic carbocycles. The third kappa shape index (κ3) is 3.41. The number of aromatic amines is 1. The average Bonchev–Trinajstić information content (AvgIpc) is 3.26. The van der Waals surface area contributed by atoms with E-state index in [1.54, 1.807) is 6.33 Å². The number of rotatable bonds is 3. The lowest BCUT2D eigenvalue weighted by molar-refractivity contribution is 0.0698. The molecule has 6 nitrogen and oxygen atoms in total. The van der Waals surface area contributed by atoms with Gasteiger partial charge in [-0.2, -0.15) is 0 Å². The molecule has 2 N–H and O–H groups in total. The SMILES string of the molecule is O=C(NC1CCN(C(=O)c2ccc3nc[nH]c3c2)CC1)c1cccc2ccccc12. The molecule has 0 radical (unpaired) electrons. The first-order valence-corrected chi connectivity index (χ1v) is 10.2. The van der Waals surface area contributed by atoms with Gasteiger partial charge in [0.25, 0.3) is 11.8 Å². The number of H-pyrrole nitrogens is 1. The number of piperidine rings is 1. The Kier molecular flexibility index (Phi) is 4.67. The van der Waals surface area contributed by atoms with Crippen molar-refractivity contribution in [1.29, 1.82) is 0 Å². The van der Waals surface area contributed by atoms with E-state index in [4.69, 9.17) is 0 Å². The second-order valence-corrected chi connectivity index (χ2v) is 7.70. The third-order valence-corrected chi connectivity index (χ3v) is 5.82. The Hall–Kier alpha value is -3.67. The minimum absolute atomic E-state index is 0.0188. The van der Waals surface area contributed by atoms with Gasteiger partial charge >= 0.3 is 0 Å². The fraction of sp³-hybridized carbons (Fsp3) is 0.208. The molecule has 1 saturated heterocycles. The van der Waals surface area contributed by atoms with E-state index < -0.39 is 0 Å². The van der Waals surface area contributed by atoms with Crippen LogP contribution in [0.5, 0.6) is 0 Å². The molecule has 4 aromatic rings. The monoisotopic (exact) mass is 398 g/mol. The van der Waals surface area contributed by atoms with Crippen molar-refractivity contribution in [3.05, 3.63) is 78.1 Å². The summed E-state index contributed by atoms with van der Waals surface area (Å²) < 4.78 is 0. The molecule has 1 aliphatic heterocycles. The van der Waals surface area contributed by atoms with Crippen LogP contribution in [0.4, 0.5) is 0 Å². The lowest BCUT2D eigenvalue weighted by Gasteiger charge is -2.32. The summed E-state index contributed by atoms with van der Waals surface area (Å²) in [5.74, 6) is -0.0356. The molecule has 6 heteroatoms. The Labute approximate surface area is 173 Å². The van der Waals surface area contributed by atoms with E-state index in [2.05, 4.69) is 15.3 Å². The van der Waals surface area contributed by atoms with Crippen molar-refractivity contribution in [3.63, 3.8) is 0 Å². The van der Waals surface area contributed by atoms with Crippen molar-refractivity contribution >= 4 is 33.6 Å². The maximum atomic E-state index is 12.9. The third-order valence-electron chi connectivity index (χ3n) is 5.82. The van der Waals surface area contributed by atoms with E-state index in [1.807, 2.05) is 65.6 Å². The van der Waals surface area contributed by atoms with Crippen molar-refractivity contribution in [1.82, 2.24) is 20.2 Å². The highest BCUT2D eigenvalue weighted by atomic mass is 16.2. The number of fused-ring (bicyclic) bond motifs is 2. The van der Waals surface area contributed by atoms with Crippen LogP contribution in [-0.4, -0.2) is 45.8 Å². The van der Waals surface area contributed by atoms with Crippen LogP contribution in [0.3, 0.4) is 0 Å². The van der Waals surface area contributed by atoms with Crippen LogP contribution < -0.4 is 5.32 Å². The maximum Gasteiger partial charge on any atom is 0.253 e. The predicted octanol–water partition coefficient (Wildman–Crippen LogP) is 3.75. The zero-order chi connectivity index (χ0) is 20.5. The number of amides is 2. The van der Waals surface area contributed by atoms with Crippen molar-refractivity contribution < 1.29 is 9.59 Å². The zero-order valence-corrected chi connectivity index (χ0v) is 16.5. The number of nitrogens with one attached hydrogen (secondary N) is 2. The molecule has 1 aliphatic rings. The normalized spacial score (nSPS) is 14.9. The fourth-order valence-corrected chi connectivity index (χ4v) is 4.16. The van der Waals surface area contributed by atoms with E-state index in [-0.39, 0.29) is 17.9 Å². The van der Waals surface area contributed by atoms with Crippen LogP contribution in [0.25, 0.3) is 21.8 Å². The molecular formula is C24H22N4O2. The summed E-state index contributed by atoms with van der Waals surface area (Å²) in [4.78, 5) is 34.8. The molecule has 30 heavy (non-hydrogen) atoms. The van der Waals surface area contributed by atoms with Gasteiger partial charge in [0.05, 0.1) is 17.4 Å². The van der Waals surface area contributed by atoms with Gasteiger partial charge in [-0.3, -0.25) is 9.59 Å². The number of carbonyl (C=O) groups is 2. The number of carbonyl (C=O) groups excluding carboxylic acids is 2. The van der Waals surface area contributed by atoms with E-state index in [9.17, 15) is 9.59 Å². The van der Waals surface area contributed by atoms with Crippen LogP contribution in [-0.2, 0) is 0 Å². The largest absolute Gasteiger partial charge is 0.349 e. The van der Waals surface area contributed by atoms with Crippen molar-refractivity contribution in [2.75, 3.05) is 13.1 Å². The van der Waals surface area contributed by atoms with E-state index in [1.165, 1.54) is 0 Å². The molecular weight excluding hydrogens is 376 g/mol. The fourth-order valence-electron chi connectivity index (χ4n) is 4.16. The van der Waals surface area contributed by atoms with Gasteiger partial charge in [-0.15, -0.1) is 0 Å². The highest BCUT2D eigenvalue weighted by molar-refractivity contribution is 6.07. The summed E-state index contributed by atoms with van der Waals surface area (Å²) in [5, 5.41) is 5.17. The van der Waals surface area contributed by atoms with E-state index >= 15 is 0 Å². The average molecular weight is 398 g/mol. The van der Waals surface area contributed by atoms with Crippen molar-refractivity contribution in [2.24, 2.45) is 0 Å². The maximum absolute atomic E-state index is 12.9. The molecule has 0 saturated carbocycles. The Bertz CT molecular complexity index is 1230. The Balaban J connectivity index is 1.23. The molecule has 2 heterocycles.